The minimum absolute atomic E-state index is 0.110. The van der Waals surface area contributed by atoms with E-state index in [1.165, 1.54) is 0 Å². The van der Waals surface area contributed by atoms with E-state index >= 15 is 0 Å². The van der Waals surface area contributed by atoms with Gasteiger partial charge in [-0.05, 0) is 63.4 Å². The lowest BCUT2D eigenvalue weighted by atomic mass is 9.96. The molecule has 168 valence electrons. The molecule has 0 radical (unpaired) electrons. The molecule has 2 aliphatic heterocycles. The van der Waals surface area contributed by atoms with Gasteiger partial charge in [0.05, 0.1) is 5.69 Å². The number of rotatable bonds is 5. The van der Waals surface area contributed by atoms with Gasteiger partial charge in [0.25, 0.3) is 5.88 Å². The van der Waals surface area contributed by atoms with E-state index in [0.29, 0.717) is 48.7 Å². The molecule has 9 heteroatoms. The number of nitrogens with one attached hydrogen (secondary N) is 1. The highest BCUT2D eigenvalue weighted by atomic mass is 19.4. The van der Waals surface area contributed by atoms with Gasteiger partial charge in [-0.3, -0.25) is 4.90 Å². The zero-order valence-electron chi connectivity index (χ0n) is 17.7. The number of hydrogen-bond acceptors (Lipinski definition) is 6. The van der Waals surface area contributed by atoms with Gasteiger partial charge in [0.15, 0.2) is 5.75 Å². The summed E-state index contributed by atoms with van der Waals surface area (Å²) in [5, 5.41) is 3.19. The van der Waals surface area contributed by atoms with Crippen molar-refractivity contribution in [2.24, 2.45) is 5.92 Å². The van der Waals surface area contributed by atoms with Gasteiger partial charge in [-0.15, -0.1) is 0 Å². The SMILES string of the molecule is Cc1cc(NCC2CCCN([C@H](C)c3ccc4c(n3)OCCO4)C2)cc(C(F)(F)F)n1. The summed E-state index contributed by atoms with van der Waals surface area (Å²) in [6.45, 7) is 7.14. The zero-order valence-corrected chi connectivity index (χ0v) is 17.7. The number of ether oxygens (including phenoxy) is 2. The molecule has 2 aliphatic rings. The number of likely N-dealkylation sites (tertiary alicyclic amines) is 1. The maximum atomic E-state index is 13.0. The molecule has 0 aromatic carbocycles. The van der Waals surface area contributed by atoms with Crippen LogP contribution in [-0.4, -0.2) is 47.7 Å². The maximum Gasteiger partial charge on any atom is 0.433 e. The van der Waals surface area contributed by atoms with Crippen LogP contribution in [0, 0.1) is 12.8 Å². The number of anilines is 1. The van der Waals surface area contributed by atoms with Crippen molar-refractivity contribution in [2.75, 3.05) is 38.2 Å². The van der Waals surface area contributed by atoms with Crippen LogP contribution in [0.3, 0.4) is 0 Å². The summed E-state index contributed by atoms with van der Waals surface area (Å²) in [6, 6.07) is 6.71. The Bertz CT molecular complexity index is 922. The molecular formula is C22H27F3N4O2. The van der Waals surface area contributed by atoms with Gasteiger partial charge in [0, 0.05) is 30.5 Å². The number of aryl methyl sites for hydroxylation is 1. The highest BCUT2D eigenvalue weighted by Crippen LogP contribution is 2.33. The summed E-state index contributed by atoms with van der Waals surface area (Å²) in [5.41, 5.74) is 0.871. The Hall–Kier alpha value is -2.55. The molecule has 4 heterocycles. The topological polar surface area (TPSA) is 59.5 Å². The number of pyridine rings is 2. The van der Waals surface area contributed by atoms with Crippen LogP contribution in [0.4, 0.5) is 18.9 Å². The number of aromatic nitrogens is 2. The van der Waals surface area contributed by atoms with Gasteiger partial charge in [0.2, 0.25) is 0 Å². The Kier molecular flexibility index (Phi) is 6.22. The van der Waals surface area contributed by atoms with E-state index in [9.17, 15) is 13.2 Å². The minimum atomic E-state index is -4.45. The number of hydrogen-bond donors (Lipinski definition) is 1. The average molecular weight is 436 g/mol. The number of alkyl halides is 3. The number of fused-ring (bicyclic) bond motifs is 1. The molecule has 1 fully saturated rings. The van der Waals surface area contributed by atoms with Crippen LogP contribution in [0.15, 0.2) is 24.3 Å². The molecule has 1 unspecified atom stereocenters. The summed E-state index contributed by atoms with van der Waals surface area (Å²) >= 11 is 0. The van der Waals surface area contributed by atoms with Gasteiger partial charge in [0.1, 0.15) is 18.9 Å². The second kappa shape index (κ2) is 8.90. The first-order valence-electron chi connectivity index (χ1n) is 10.6. The molecule has 0 spiro atoms. The molecular weight excluding hydrogens is 409 g/mol. The minimum Gasteiger partial charge on any atom is -0.484 e. The highest BCUT2D eigenvalue weighted by molar-refractivity contribution is 5.46. The fourth-order valence-corrected chi connectivity index (χ4v) is 4.16. The van der Waals surface area contributed by atoms with Gasteiger partial charge in [-0.2, -0.15) is 13.2 Å². The van der Waals surface area contributed by atoms with E-state index < -0.39 is 11.9 Å². The van der Waals surface area contributed by atoms with E-state index in [1.807, 2.05) is 12.1 Å². The lowest BCUT2D eigenvalue weighted by Gasteiger charge is -2.37. The molecule has 0 aliphatic carbocycles. The summed E-state index contributed by atoms with van der Waals surface area (Å²) in [7, 11) is 0. The van der Waals surface area contributed by atoms with Crippen molar-refractivity contribution in [3.05, 3.63) is 41.3 Å². The van der Waals surface area contributed by atoms with E-state index in [2.05, 4.69) is 27.1 Å². The maximum absolute atomic E-state index is 13.0. The quantitative estimate of drug-likeness (QED) is 0.747. The second-order valence-corrected chi connectivity index (χ2v) is 8.18. The van der Waals surface area contributed by atoms with Gasteiger partial charge in [-0.1, -0.05) is 0 Å². The highest BCUT2D eigenvalue weighted by Gasteiger charge is 2.33. The third-order valence-electron chi connectivity index (χ3n) is 5.79. The first kappa shape index (κ1) is 21.7. The molecule has 2 aromatic rings. The monoisotopic (exact) mass is 436 g/mol. The normalized spacial score (nSPS) is 20.4. The summed E-state index contributed by atoms with van der Waals surface area (Å²) in [4.78, 5) is 10.6. The van der Waals surface area contributed by atoms with Crippen LogP contribution in [0.25, 0.3) is 0 Å². The summed E-state index contributed by atoms with van der Waals surface area (Å²) < 4.78 is 50.2. The molecule has 6 nitrogen and oxygen atoms in total. The van der Waals surface area contributed by atoms with Crippen LogP contribution in [0.1, 0.15) is 42.9 Å². The van der Waals surface area contributed by atoms with Gasteiger partial charge < -0.3 is 14.8 Å². The number of halogens is 3. The van der Waals surface area contributed by atoms with Crippen molar-refractivity contribution >= 4 is 5.69 Å². The standard InChI is InChI=1S/C22H27F3N4O2/c1-14-10-17(11-20(27-14)22(23,24)25)26-12-16-4-3-7-29(13-16)15(2)18-5-6-19-21(28-18)31-9-8-30-19/h5-6,10-11,15-16H,3-4,7-9,12-13H2,1-2H3,(H,26,27)/t15-,16?/m1/s1. The first-order valence-corrected chi connectivity index (χ1v) is 10.6. The zero-order chi connectivity index (χ0) is 22.0. The Morgan fingerprint density at radius 1 is 1.19 bits per heavy atom. The predicted molar refractivity (Wildman–Crippen MR) is 110 cm³/mol. The molecule has 0 saturated carbocycles. The van der Waals surface area contributed by atoms with E-state index in [0.717, 1.165) is 37.7 Å². The van der Waals surface area contributed by atoms with Crippen molar-refractivity contribution in [3.8, 4) is 11.6 Å². The molecule has 0 amide bonds. The van der Waals surface area contributed by atoms with Crippen molar-refractivity contribution in [2.45, 2.75) is 38.9 Å². The van der Waals surface area contributed by atoms with Crippen LogP contribution in [-0.2, 0) is 6.18 Å². The predicted octanol–water partition coefficient (Wildman–Crippen LogP) is 4.46. The average Bonchev–Trinajstić information content (AvgIpc) is 2.76. The summed E-state index contributed by atoms with van der Waals surface area (Å²) in [6.07, 6.45) is -2.39. The van der Waals surface area contributed by atoms with E-state index in [-0.39, 0.29) is 6.04 Å². The molecule has 2 atom stereocenters. The molecule has 1 saturated heterocycles. The molecule has 31 heavy (non-hydrogen) atoms. The van der Waals surface area contributed by atoms with E-state index in [1.54, 1.807) is 13.0 Å². The third-order valence-corrected chi connectivity index (χ3v) is 5.79. The van der Waals surface area contributed by atoms with Crippen molar-refractivity contribution in [1.82, 2.24) is 14.9 Å². The Labute approximate surface area is 179 Å². The largest absolute Gasteiger partial charge is 0.484 e. The second-order valence-electron chi connectivity index (χ2n) is 8.18. The van der Waals surface area contributed by atoms with E-state index in [4.69, 9.17) is 9.47 Å². The summed E-state index contributed by atoms with van der Waals surface area (Å²) in [5.74, 6) is 1.55. The Morgan fingerprint density at radius 2 is 2.00 bits per heavy atom. The van der Waals surface area contributed by atoms with Crippen molar-refractivity contribution in [3.63, 3.8) is 0 Å². The lowest BCUT2D eigenvalue weighted by molar-refractivity contribution is -0.141. The molecule has 4 rings (SSSR count). The van der Waals surface area contributed by atoms with Crippen molar-refractivity contribution in [1.29, 1.82) is 0 Å². The number of piperidine rings is 1. The third kappa shape index (κ3) is 5.20. The molecule has 1 N–H and O–H groups in total. The molecule has 0 bridgehead atoms. The van der Waals surface area contributed by atoms with Gasteiger partial charge in [-0.25, -0.2) is 9.97 Å². The van der Waals surface area contributed by atoms with Crippen molar-refractivity contribution < 1.29 is 22.6 Å². The molecule has 2 aromatic heterocycles. The first-order chi connectivity index (χ1) is 14.8. The van der Waals surface area contributed by atoms with Crippen LogP contribution >= 0.6 is 0 Å². The van der Waals surface area contributed by atoms with Gasteiger partial charge >= 0.3 is 6.18 Å². The Morgan fingerprint density at radius 3 is 2.81 bits per heavy atom. The van der Waals surface area contributed by atoms with Crippen LogP contribution < -0.4 is 14.8 Å². The van der Waals surface area contributed by atoms with Crippen LogP contribution in [0.2, 0.25) is 0 Å². The fourth-order valence-electron chi connectivity index (χ4n) is 4.16. The lowest BCUT2D eigenvalue weighted by Crippen LogP contribution is -2.39. The number of nitrogens with zero attached hydrogens (tertiary/aromatic N) is 3. The Balaban J connectivity index is 1.38. The smallest absolute Gasteiger partial charge is 0.433 e. The fraction of sp³-hybridized carbons (Fsp3) is 0.545. The van der Waals surface area contributed by atoms with Crippen LogP contribution in [0.5, 0.6) is 11.6 Å².